The number of phenolic OH excluding ortho intramolecular Hbond substituents is 1. The van der Waals surface area contributed by atoms with Gasteiger partial charge in [-0.2, -0.15) is 5.10 Å². The predicted molar refractivity (Wildman–Crippen MR) is 61.1 cm³/mol. The number of nitrogen functional groups attached to an aromatic ring is 1. The van der Waals surface area contributed by atoms with Crippen molar-refractivity contribution in [1.82, 2.24) is 10.2 Å². The summed E-state index contributed by atoms with van der Waals surface area (Å²) >= 11 is 0. The van der Waals surface area contributed by atoms with Crippen LogP contribution in [0.5, 0.6) is 17.2 Å². The highest BCUT2D eigenvalue weighted by molar-refractivity contribution is 5.74. The van der Waals surface area contributed by atoms with E-state index in [4.69, 9.17) is 15.2 Å². The Kier molecular flexibility index (Phi) is 2.07. The van der Waals surface area contributed by atoms with Crippen LogP contribution in [0.2, 0.25) is 0 Å². The molecule has 1 aromatic carbocycles. The zero-order chi connectivity index (χ0) is 11.8. The molecular weight excluding hydrogens is 222 g/mol. The van der Waals surface area contributed by atoms with Crippen molar-refractivity contribution in [2.75, 3.05) is 18.9 Å². The molecule has 0 aliphatic carbocycles. The molecule has 88 valence electrons. The van der Waals surface area contributed by atoms with Crippen LogP contribution in [0.4, 0.5) is 5.82 Å². The van der Waals surface area contributed by atoms with E-state index in [-0.39, 0.29) is 5.75 Å². The first-order chi connectivity index (χ1) is 8.25. The molecule has 1 aromatic heterocycles. The number of aromatic amines is 1. The van der Waals surface area contributed by atoms with Gasteiger partial charge in [-0.1, -0.05) is 0 Å². The maximum Gasteiger partial charge on any atom is 0.204 e. The lowest BCUT2D eigenvalue weighted by atomic mass is 10.1. The lowest BCUT2D eigenvalue weighted by Crippen LogP contribution is -2.15. The summed E-state index contributed by atoms with van der Waals surface area (Å²) in [6.07, 6.45) is 0. The monoisotopic (exact) mass is 233 g/mol. The number of hydrogen-bond acceptors (Lipinski definition) is 5. The molecule has 0 unspecified atom stereocenters. The Balaban J connectivity index is 2.12. The van der Waals surface area contributed by atoms with Crippen molar-refractivity contribution >= 4 is 5.82 Å². The molecule has 2 aromatic rings. The summed E-state index contributed by atoms with van der Waals surface area (Å²) in [6, 6.07) is 5.13. The highest BCUT2D eigenvalue weighted by atomic mass is 16.6. The number of nitrogens with two attached hydrogens (primary N) is 1. The van der Waals surface area contributed by atoms with Gasteiger partial charge in [0, 0.05) is 11.6 Å². The van der Waals surface area contributed by atoms with Crippen molar-refractivity contribution in [3.8, 4) is 28.5 Å². The third-order valence-electron chi connectivity index (χ3n) is 2.57. The third-order valence-corrected chi connectivity index (χ3v) is 2.57. The van der Waals surface area contributed by atoms with Crippen LogP contribution in [0, 0.1) is 0 Å². The molecule has 0 fully saturated rings. The van der Waals surface area contributed by atoms with Gasteiger partial charge >= 0.3 is 0 Å². The average molecular weight is 233 g/mol. The van der Waals surface area contributed by atoms with Crippen molar-refractivity contribution < 1.29 is 14.6 Å². The van der Waals surface area contributed by atoms with E-state index in [1.807, 2.05) is 0 Å². The minimum absolute atomic E-state index is 0.0332. The molecule has 0 saturated heterocycles. The van der Waals surface area contributed by atoms with Crippen LogP contribution in [0.1, 0.15) is 0 Å². The first-order valence-corrected chi connectivity index (χ1v) is 5.18. The van der Waals surface area contributed by atoms with Crippen LogP contribution in [0.15, 0.2) is 18.2 Å². The van der Waals surface area contributed by atoms with E-state index in [2.05, 4.69) is 10.2 Å². The third kappa shape index (κ3) is 1.54. The number of rotatable bonds is 1. The Morgan fingerprint density at radius 1 is 1.29 bits per heavy atom. The van der Waals surface area contributed by atoms with Gasteiger partial charge in [0.25, 0.3) is 0 Å². The Labute approximate surface area is 97.0 Å². The largest absolute Gasteiger partial charge is 0.504 e. The van der Waals surface area contributed by atoms with Gasteiger partial charge in [0.1, 0.15) is 19.0 Å². The Morgan fingerprint density at radius 2 is 2.12 bits per heavy atom. The summed E-state index contributed by atoms with van der Waals surface area (Å²) in [5.74, 6) is 1.31. The second-order valence-electron chi connectivity index (χ2n) is 3.69. The van der Waals surface area contributed by atoms with Gasteiger partial charge in [0.2, 0.25) is 5.75 Å². The summed E-state index contributed by atoms with van der Waals surface area (Å²) in [6.45, 7) is 0.915. The van der Waals surface area contributed by atoms with E-state index in [1.165, 1.54) is 0 Å². The summed E-state index contributed by atoms with van der Waals surface area (Å²) in [5.41, 5.74) is 6.74. The fourth-order valence-corrected chi connectivity index (χ4v) is 1.79. The number of nitrogens with one attached hydrogen (secondary N) is 1. The summed E-state index contributed by atoms with van der Waals surface area (Å²) in [7, 11) is 0. The zero-order valence-corrected chi connectivity index (χ0v) is 8.93. The van der Waals surface area contributed by atoms with Gasteiger partial charge in [0.05, 0.1) is 5.69 Å². The first-order valence-electron chi connectivity index (χ1n) is 5.18. The van der Waals surface area contributed by atoms with Gasteiger partial charge in [0.15, 0.2) is 11.5 Å². The molecule has 0 bridgehead atoms. The number of hydrogen-bond donors (Lipinski definition) is 3. The van der Waals surface area contributed by atoms with Crippen molar-refractivity contribution in [3.05, 3.63) is 18.2 Å². The highest BCUT2D eigenvalue weighted by Gasteiger charge is 2.20. The molecule has 6 nitrogen and oxygen atoms in total. The molecule has 0 radical (unpaired) electrons. The molecule has 0 spiro atoms. The SMILES string of the molecule is Nc1cc(-c2ccc3c(c2O)OCCO3)[nH]n1. The van der Waals surface area contributed by atoms with E-state index in [0.717, 1.165) is 0 Å². The average Bonchev–Trinajstić information content (AvgIpc) is 2.77. The summed E-state index contributed by atoms with van der Waals surface area (Å²) in [4.78, 5) is 0. The number of benzene rings is 1. The van der Waals surface area contributed by atoms with E-state index in [1.54, 1.807) is 18.2 Å². The van der Waals surface area contributed by atoms with Crippen molar-refractivity contribution in [3.63, 3.8) is 0 Å². The normalized spacial score (nSPS) is 13.6. The molecule has 17 heavy (non-hydrogen) atoms. The molecule has 1 aliphatic heterocycles. The second-order valence-corrected chi connectivity index (χ2v) is 3.69. The minimum Gasteiger partial charge on any atom is -0.504 e. The molecule has 3 rings (SSSR count). The van der Waals surface area contributed by atoms with Crippen LogP contribution < -0.4 is 15.2 Å². The topological polar surface area (TPSA) is 93.4 Å². The second kappa shape index (κ2) is 3.58. The number of H-pyrrole nitrogens is 1. The Bertz CT molecular complexity index is 565. The van der Waals surface area contributed by atoms with E-state index < -0.39 is 0 Å². The molecule has 1 aliphatic rings. The van der Waals surface area contributed by atoms with Crippen molar-refractivity contribution in [2.45, 2.75) is 0 Å². The number of ether oxygens (including phenoxy) is 2. The van der Waals surface area contributed by atoms with Gasteiger partial charge in [-0.15, -0.1) is 0 Å². The minimum atomic E-state index is 0.0332. The lowest BCUT2D eigenvalue weighted by Gasteiger charge is -2.20. The number of nitrogens with zero attached hydrogens (tertiary/aromatic N) is 1. The highest BCUT2D eigenvalue weighted by Crippen LogP contribution is 2.44. The van der Waals surface area contributed by atoms with Gasteiger partial charge in [-0.05, 0) is 12.1 Å². The molecular formula is C11H11N3O3. The van der Waals surface area contributed by atoms with Crippen LogP contribution in [0.3, 0.4) is 0 Å². The smallest absolute Gasteiger partial charge is 0.204 e. The molecule has 0 saturated carbocycles. The van der Waals surface area contributed by atoms with E-state index in [0.29, 0.717) is 41.8 Å². The molecule has 6 heteroatoms. The number of fused-ring (bicyclic) bond motifs is 1. The predicted octanol–water partition coefficient (Wildman–Crippen LogP) is 1.14. The number of phenols is 1. The van der Waals surface area contributed by atoms with Crippen LogP contribution in [0.25, 0.3) is 11.3 Å². The molecule has 0 amide bonds. The number of anilines is 1. The summed E-state index contributed by atoms with van der Waals surface area (Å²) < 4.78 is 10.7. The van der Waals surface area contributed by atoms with Crippen molar-refractivity contribution in [2.24, 2.45) is 0 Å². The van der Waals surface area contributed by atoms with Gasteiger partial charge < -0.3 is 20.3 Å². The van der Waals surface area contributed by atoms with Crippen molar-refractivity contribution in [1.29, 1.82) is 0 Å². The number of aromatic hydroxyl groups is 1. The Morgan fingerprint density at radius 3 is 2.88 bits per heavy atom. The zero-order valence-electron chi connectivity index (χ0n) is 8.93. The molecule has 4 N–H and O–H groups in total. The molecule has 0 atom stereocenters. The quantitative estimate of drug-likeness (QED) is 0.686. The van der Waals surface area contributed by atoms with Gasteiger partial charge in [-0.3, -0.25) is 5.10 Å². The maximum absolute atomic E-state index is 10.1. The number of aromatic nitrogens is 2. The molecule has 2 heterocycles. The Hall–Kier alpha value is -2.37. The van der Waals surface area contributed by atoms with E-state index in [9.17, 15) is 5.11 Å². The fraction of sp³-hybridized carbons (Fsp3) is 0.182. The van der Waals surface area contributed by atoms with Gasteiger partial charge in [-0.25, -0.2) is 0 Å². The maximum atomic E-state index is 10.1. The van der Waals surface area contributed by atoms with Crippen LogP contribution in [-0.4, -0.2) is 28.5 Å². The van der Waals surface area contributed by atoms with Crippen LogP contribution >= 0.6 is 0 Å². The van der Waals surface area contributed by atoms with Crippen LogP contribution in [-0.2, 0) is 0 Å². The fourth-order valence-electron chi connectivity index (χ4n) is 1.79. The summed E-state index contributed by atoms with van der Waals surface area (Å²) in [5, 5.41) is 16.7. The standard InChI is InChI=1S/C11H11N3O3/c12-9-5-7(13-14-9)6-1-2-8-11(10(6)15)17-4-3-16-8/h1-2,5,15H,3-4H2,(H3,12,13,14). The lowest BCUT2D eigenvalue weighted by molar-refractivity contribution is 0.166. The van der Waals surface area contributed by atoms with E-state index >= 15 is 0 Å². The first kappa shape index (κ1) is 9.83.